The Morgan fingerprint density at radius 1 is 0.963 bits per heavy atom. The van der Waals surface area contributed by atoms with Gasteiger partial charge in [0.25, 0.3) is 11.2 Å². The van der Waals surface area contributed by atoms with Gasteiger partial charge in [-0.2, -0.15) is 0 Å². The average Bonchev–Trinajstić information content (AvgIpc) is 2.69. The van der Waals surface area contributed by atoms with Crippen molar-refractivity contribution in [3.05, 3.63) is 98.8 Å². The van der Waals surface area contributed by atoms with Gasteiger partial charge in [-0.05, 0) is 24.6 Å². The fourth-order valence-electron chi connectivity index (χ4n) is 3.09. The highest BCUT2D eigenvalue weighted by Gasteiger charge is 2.18. The minimum Gasteiger partial charge on any atom is -0.268 e. The summed E-state index contributed by atoms with van der Waals surface area (Å²) in [5, 5.41) is 11.7. The van der Waals surface area contributed by atoms with Gasteiger partial charge in [-0.1, -0.05) is 48.5 Å². The van der Waals surface area contributed by atoms with E-state index in [9.17, 15) is 14.9 Å². The Balaban J connectivity index is 2.14. The molecule has 0 saturated heterocycles. The number of benzene rings is 3. The fraction of sp³-hybridized carbons (Fsp3) is 0.0476. The first-order chi connectivity index (χ1) is 13.1. The molecular formula is C21H15N3O3. The molecule has 4 rings (SSSR count). The lowest BCUT2D eigenvalue weighted by Crippen LogP contribution is -2.22. The minimum absolute atomic E-state index is 0.0744. The van der Waals surface area contributed by atoms with Crippen molar-refractivity contribution in [3.8, 4) is 17.1 Å². The predicted molar refractivity (Wildman–Crippen MR) is 104 cm³/mol. The van der Waals surface area contributed by atoms with E-state index in [0.29, 0.717) is 22.4 Å². The molecular weight excluding hydrogens is 342 g/mol. The molecule has 6 heteroatoms. The number of nitro benzene ring substituents is 1. The SMILES string of the molecule is Cc1ccc([N+](=O)[O-])cc1-n1c(-c2ccccc2)nc2ccccc2c1=O. The minimum atomic E-state index is -0.468. The van der Waals surface area contributed by atoms with Crippen LogP contribution in [0.3, 0.4) is 0 Å². The van der Waals surface area contributed by atoms with Gasteiger partial charge in [0.15, 0.2) is 0 Å². The summed E-state index contributed by atoms with van der Waals surface area (Å²) in [6.45, 7) is 1.81. The van der Waals surface area contributed by atoms with E-state index < -0.39 is 4.92 Å². The Hall–Kier alpha value is -3.80. The van der Waals surface area contributed by atoms with Crippen LogP contribution in [0.4, 0.5) is 5.69 Å². The molecule has 0 aliphatic carbocycles. The number of aromatic nitrogens is 2. The smallest absolute Gasteiger partial charge is 0.268 e. The van der Waals surface area contributed by atoms with Crippen molar-refractivity contribution in [2.45, 2.75) is 6.92 Å². The van der Waals surface area contributed by atoms with E-state index in [2.05, 4.69) is 0 Å². The van der Waals surface area contributed by atoms with Crippen molar-refractivity contribution in [3.63, 3.8) is 0 Å². The van der Waals surface area contributed by atoms with Crippen LogP contribution in [-0.2, 0) is 0 Å². The van der Waals surface area contributed by atoms with Crippen LogP contribution in [0, 0.1) is 17.0 Å². The number of rotatable bonds is 3. The maximum Gasteiger partial charge on any atom is 0.271 e. The van der Waals surface area contributed by atoms with E-state index in [1.807, 2.05) is 43.3 Å². The van der Waals surface area contributed by atoms with Crippen molar-refractivity contribution in [2.24, 2.45) is 0 Å². The van der Waals surface area contributed by atoms with Crippen molar-refractivity contribution in [1.82, 2.24) is 9.55 Å². The lowest BCUT2D eigenvalue weighted by molar-refractivity contribution is -0.384. The number of nitrogens with zero attached hydrogens (tertiary/aromatic N) is 3. The van der Waals surface area contributed by atoms with Gasteiger partial charge in [-0.25, -0.2) is 4.98 Å². The number of hydrogen-bond acceptors (Lipinski definition) is 4. The molecule has 0 saturated carbocycles. The fourth-order valence-corrected chi connectivity index (χ4v) is 3.09. The van der Waals surface area contributed by atoms with Gasteiger partial charge in [0.1, 0.15) is 5.82 Å². The summed E-state index contributed by atoms with van der Waals surface area (Å²) in [6, 6.07) is 20.9. The number of non-ortho nitro benzene ring substituents is 1. The van der Waals surface area contributed by atoms with Crippen LogP contribution in [0.5, 0.6) is 0 Å². The molecule has 4 aromatic rings. The molecule has 0 spiro atoms. The lowest BCUT2D eigenvalue weighted by atomic mass is 10.1. The lowest BCUT2D eigenvalue weighted by Gasteiger charge is -2.15. The maximum absolute atomic E-state index is 13.3. The molecule has 0 fully saturated rings. The molecule has 0 unspecified atom stereocenters. The Kier molecular flexibility index (Phi) is 4.01. The zero-order valence-corrected chi connectivity index (χ0v) is 14.5. The Morgan fingerprint density at radius 2 is 1.67 bits per heavy atom. The van der Waals surface area contributed by atoms with Crippen LogP contribution in [0.15, 0.2) is 77.6 Å². The molecule has 3 aromatic carbocycles. The molecule has 132 valence electrons. The Labute approximate surface area is 154 Å². The summed E-state index contributed by atoms with van der Waals surface area (Å²) < 4.78 is 1.46. The molecule has 0 N–H and O–H groups in total. The highest BCUT2D eigenvalue weighted by Crippen LogP contribution is 2.26. The zero-order chi connectivity index (χ0) is 19.0. The second-order valence-electron chi connectivity index (χ2n) is 6.19. The van der Waals surface area contributed by atoms with Crippen LogP contribution in [0.1, 0.15) is 5.56 Å². The van der Waals surface area contributed by atoms with Crippen molar-refractivity contribution >= 4 is 16.6 Å². The van der Waals surface area contributed by atoms with Gasteiger partial charge in [0.2, 0.25) is 0 Å². The van der Waals surface area contributed by atoms with Gasteiger partial charge in [-0.15, -0.1) is 0 Å². The third kappa shape index (κ3) is 2.87. The summed E-state index contributed by atoms with van der Waals surface area (Å²) >= 11 is 0. The van der Waals surface area contributed by atoms with Gasteiger partial charge >= 0.3 is 0 Å². The second kappa shape index (κ2) is 6.49. The van der Waals surface area contributed by atoms with Crippen molar-refractivity contribution < 1.29 is 4.92 Å². The number of hydrogen-bond donors (Lipinski definition) is 0. The van der Waals surface area contributed by atoms with Crippen LogP contribution in [0.25, 0.3) is 28.0 Å². The van der Waals surface area contributed by atoms with E-state index in [1.54, 1.807) is 24.3 Å². The van der Waals surface area contributed by atoms with Gasteiger partial charge in [0, 0.05) is 17.7 Å². The van der Waals surface area contributed by atoms with E-state index in [1.165, 1.54) is 16.7 Å². The van der Waals surface area contributed by atoms with Gasteiger partial charge < -0.3 is 0 Å². The first-order valence-electron chi connectivity index (χ1n) is 8.39. The van der Waals surface area contributed by atoms with E-state index in [0.717, 1.165) is 11.1 Å². The monoisotopic (exact) mass is 357 g/mol. The summed E-state index contributed by atoms with van der Waals surface area (Å²) in [5.74, 6) is 0.447. The van der Waals surface area contributed by atoms with Crippen molar-refractivity contribution in [2.75, 3.05) is 0 Å². The average molecular weight is 357 g/mol. The molecule has 0 amide bonds. The topological polar surface area (TPSA) is 78.0 Å². The third-order valence-electron chi connectivity index (χ3n) is 4.45. The molecule has 1 heterocycles. The van der Waals surface area contributed by atoms with Crippen LogP contribution >= 0.6 is 0 Å². The van der Waals surface area contributed by atoms with E-state index >= 15 is 0 Å². The van der Waals surface area contributed by atoms with E-state index in [-0.39, 0.29) is 11.2 Å². The third-order valence-corrected chi connectivity index (χ3v) is 4.45. The Morgan fingerprint density at radius 3 is 2.41 bits per heavy atom. The van der Waals surface area contributed by atoms with Crippen LogP contribution in [0.2, 0.25) is 0 Å². The summed E-state index contributed by atoms with van der Waals surface area (Å²) in [7, 11) is 0. The number of para-hydroxylation sites is 1. The second-order valence-corrected chi connectivity index (χ2v) is 6.19. The standard InChI is InChI=1S/C21H15N3O3/c1-14-11-12-16(24(26)27)13-19(14)23-20(15-7-3-2-4-8-15)22-18-10-6-5-9-17(18)21(23)25/h2-13H,1H3. The molecule has 0 radical (unpaired) electrons. The summed E-state index contributed by atoms with van der Waals surface area (Å²) in [6.07, 6.45) is 0. The molecule has 0 aliphatic heterocycles. The highest BCUT2D eigenvalue weighted by atomic mass is 16.6. The molecule has 1 aromatic heterocycles. The largest absolute Gasteiger partial charge is 0.271 e. The molecule has 6 nitrogen and oxygen atoms in total. The van der Waals surface area contributed by atoms with Gasteiger partial charge in [0.05, 0.1) is 21.5 Å². The number of fused-ring (bicyclic) bond motifs is 1. The molecule has 0 bridgehead atoms. The van der Waals surface area contributed by atoms with E-state index in [4.69, 9.17) is 4.98 Å². The zero-order valence-electron chi connectivity index (χ0n) is 14.5. The van der Waals surface area contributed by atoms with Crippen molar-refractivity contribution in [1.29, 1.82) is 0 Å². The first-order valence-corrected chi connectivity index (χ1v) is 8.39. The quantitative estimate of drug-likeness (QED) is 0.405. The molecule has 0 aliphatic rings. The first kappa shape index (κ1) is 16.7. The Bertz CT molecular complexity index is 1230. The predicted octanol–water partition coefficient (Wildman–Crippen LogP) is 4.27. The van der Waals surface area contributed by atoms with Crippen LogP contribution in [-0.4, -0.2) is 14.5 Å². The normalized spacial score (nSPS) is 10.9. The number of aryl methyl sites for hydroxylation is 1. The van der Waals surface area contributed by atoms with Crippen LogP contribution < -0.4 is 5.56 Å². The summed E-state index contributed by atoms with van der Waals surface area (Å²) in [4.78, 5) is 28.8. The number of nitro groups is 1. The highest BCUT2D eigenvalue weighted by molar-refractivity contribution is 5.80. The molecule has 27 heavy (non-hydrogen) atoms. The molecule has 0 atom stereocenters. The van der Waals surface area contributed by atoms with Gasteiger partial charge in [-0.3, -0.25) is 19.5 Å². The summed E-state index contributed by atoms with van der Waals surface area (Å²) in [5.41, 5.74) is 2.20. The maximum atomic E-state index is 13.3.